The molecule has 0 unspecified atom stereocenters. The summed E-state index contributed by atoms with van der Waals surface area (Å²) in [6, 6.07) is 6.28. The number of hydrogen-bond acceptors (Lipinski definition) is 1. The Kier molecular flexibility index (Phi) is 5.14. The first-order valence-corrected chi connectivity index (χ1v) is 6.35. The van der Waals surface area contributed by atoms with Crippen molar-refractivity contribution in [1.82, 2.24) is 0 Å². The van der Waals surface area contributed by atoms with Gasteiger partial charge in [-0.05, 0) is 43.9 Å². The van der Waals surface area contributed by atoms with Crippen molar-refractivity contribution in [3.05, 3.63) is 46.5 Å². The molecule has 0 aliphatic carbocycles. The second-order valence-electron chi connectivity index (χ2n) is 4.58. The van der Waals surface area contributed by atoms with Crippen LogP contribution in [-0.4, -0.2) is 5.78 Å². The van der Waals surface area contributed by atoms with Gasteiger partial charge in [0.2, 0.25) is 0 Å². The summed E-state index contributed by atoms with van der Waals surface area (Å²) >= 11 is 0. The molecule has 0 heterocycles. The quantitative estimate of drug-likeness (QED) is 0.694. The van der Waals surface area contributed by atoms with Crippen LogP contribution in [0.3, 0.4) is 0 Å². The molecule has 1 aromatic carbocycles. The third kappa shape index (κ3) is 4.18. The Morgan fingerprint density at radius 1 is 1.18 bits per heavy atom. The van der Waals surface area contributed by atoms with Crippen LogP contribution in [-0.2, 0) is 11.2 Å². The van der Waals surface area contributed by atoms with E-state index in [1.807, 2.05) is 6.08 Å². The van der Waals surface area contributed by atoms with E-state index in [4.69, 9.17) is 0 Å². The van der Waals surface area contributed by atoms with Crippen LogP contribution in [0.25, 0.3) is 0 Å². The van der Waals surface area contributed by atoms with Crippen LogP contribution in [0.4, 0.5) is 0 Å². The van der Waals surface area contributed by atoms with E-state index in [0.29, 0.717) is 6.42 Å². The van der Waals surface area contributed by atoms with Gasteiger partial charge in [0.25, 0.3) is 0 Å². The second kappa shape index (κ2) is 6.39. The van der Waals surface area contributed by atoms with Gasteiger partial charge in [-0.15, -0.1) is 0 Å². The number of rotatable bonds is 5. The normalized spacial score (nSPS) is 10.1. The summed E-state index contributed by atoms with van der Waals surface area (Å²) < 4.78 is 0. The fraction of sp³-hybridized carbons (Fsp3) is 0.438. The van der Waals surface area contributed by atoms with Crippen molar-refractivity contribution < 1.29 is 4.79 Å². The summed E-state index contributed by atoms with van der Waals surface area (Å²) in [5.41, 5.74) is 4.80. The van der Waals surface area contributed by atoms with Gasteiger partial charge in [-0.2, -0.15) is 0 Å². The van der Waals surface area contributed by atoms with Gasteiger partial charge in [-0.3, -0.25) is 4.79 Å². The summed E-state index contributed by atoms with van der Waals surface area (Å²) in [7, 11) is 0. The van der Waals surface area contributed by atoms with Crippen molar-refractivity contribution >= 4 is 5.78 Å². The van der Waals surface area contributed by atoms with Gasteiger partial charge in [0.1, 0.15) is 0 Å². The molecular formula is C16H22O. The monoisotopic (exact) mass is 230 g/mol. The molecule has 0 aliphatic heterocycles. The number of ketones is 1. The van der Waals surface area contributed by atoms with E-state index in [9.17, 15) is 4.79 Å². The molecule has 1 aromatic rings. The highest BCUT2D eigenvalue weighted by molar-refractivity contribution is 5.92. The summed E-state index contributed by atoms with van der Waals surface area (Å²) in [6.45, 7) is 8.32. The fourth-order valence-electron chi connectivity index (χ4n) is 1.91. The van der Waals surface area contributed by atoms with E-state index in [2.05, 4.69) is 45.9 Å². The Labute approximate surface area is 105 Å². The molecule has 1 rings (SSSR count). The second-order valence-corrected chi connectivity index (χ2v) is 4.58. The van der Waals surface area contributed by atoms with Crippen LogP contribution in [0.15, 0.2) is 29.8 Å². The Morgan fingerprint density at radius 3 is 2.41 bits per heavy atom. The number of carbonyl (C=O) groups is 1. The average Bonchev–Trinajstić information content (AvgIpc) is 2.31. The van der Waals surface area contributed by atoms with E-state index in [1.165, 1.54) is 16.7 Å². The first-order valence-electron chi connectivity index (χ1n) is 6.35. The van der Waals surface area contributed by atoms with Gasteiger partial charge < -0.3 is 0 Å². The van der Waals surface area contributed by atoms with Crippen LogP contribution in [0.5, 0.6) is 0 Å². The molecule has 17 heavy (non-hydrogen) atoms. The minimum Gasteiger partial charge on any atom is -0.294 e. The zero-order valence-corrected chi connectivity index (χ0v) is 11.3. The molecule has 0 aliphatic rings. The van der Waals surface area contributed by atoms with Crippen LogP contribution in [0.2, 0.25) is 0 Å². The SMILES string of the molecule is CCC(=CC(=O)Cc1cc(C)ccc1C)CC. The molecule has 0 N–H and O–H groups in total. The molecule has 0 saturated heterocycles. The lowest BCUT2D eigenvalue weighted by Crippen LogP contribution is -2.02. The number of carbonyl (C=O) groups excluding carboxylic acids is 1. The topological polar surface area (TPSA) is 17.1 Å². The van der Waals surface area contributed by atoms with Gasteiger partial charge in [0.05, 0.1) is 0 Å². The van der Waals surface area contributed by atoms with Crippen molar-refractivity contribution in [1.29, 1.82) is 0 Å². The maximum Gasteiger partial charge on any atom is 0.160 e. The van der Waals surface area contributed by atoms with E-state index < -0.39 is 0 Å². The molecule has 1 heteroatoms. The first kappa shape index (κ1) is 13.7. The van der Waals surface area contributed by atoms with Gasteiger partial charge in [0.15, 0.2) is 5.78 Å². The minimum absolute atomic E-state index is 0.220. The van der Waals surface area contributed by atoms with Crippen molar-refractivity contribution in [2.24, 2.45) is 0 Å². The van der Waals surface area contributed by atoms with Crippen LogP contribution >= 0.6 is 0 Å². The molecule has 0 aromatic heterocycles. The standard InChI is InChI=1S/C16H22O/c1-5-14(6-2)10-16(17)11-15-9-12(3)7-8-13(15)4/h7-10H,5-6,11H2,1-4H3. The molecule has 0 amide bonds. The van der Waals surface area contributed by atoms with E-state index in [0.717, 1.165) is 18.4 Å². The largest absolute Gasteiger partial charge is 0.294 e. The Hall–Kier alpha value is -1.37. The molecular weight excluding hydrogens is 208 g/mol. The molecule has 0 radical (unpaired) electrons. The van der Waals surface area contributed by atoms with E-state index in [1.54, 1.807) is 0 Å². The number of benzene rings is 1. The lowest BCUT2D eigenvalue weighted by atomic mass is 9.99. The van der Waals surface area contributed by atoms with Gasteiger partial charge in [-0.25, -0.2) is 0 Å². The Balaban J connectivity index is 2.81. The molecule has 0 atom stereocenters. The first-order chi connectivity index (χ1) is 8.06. The highest BCUT2D eigenvalue weighted by Gasteiger charge is 2.05. The number of aryl methyl sites for hydroxylation is 2. The maximum absolute atomic E-state index is 11.9. The molecule has 92 valence electrons. The molecule has 1 nitrogen and oxygen atoms in total. The summed E-state index contributed by atoms with van der Waals surface area (Å²) in [5, 5.41) is 0. The molecule has 0 spiro atoms. The van der Waals surface area contributed by atoms with Crippen LogP contribution in [0, 0.1) is 13.8 Å². The fourth-order valence-corrected chi connectivity index (χ4v) is 1.91. The zero-order valence-electron chi connectivity index (χ0n) is 11.3. The van der Waals surface area contributed by atoms with E-state index in [-0.39, 0.29) is 5.78 Å². The average molecular weight is 230 g/mol. The summed E-state index contributed by atoms with van der Waals surface area (Å²) in [5.74, 6) is 0.220. The third-order valence-electron chi connectivity index (χ3n) is 3.14. The summed E-state index contributed by atoms with van der Waals surface area (Å²) in [6.07, 6.45) is 4.28. The minimum atomic E-state index is 0.220. The van der Waals surface area contributed by atoms with Gasteiger partial charge >= 0.3 is 0 Å². The smallest absolute Gasteiger partial charge is 0.160 e. The predicted octanol–water partition coefficient (Wildman–Crippen LogP) is 4.16. The Bertz CT molecular complexity index is 421. The lowest BCUT2D eigenvalue weighted by molar-refractivity contribution is -0.114. The van der Waals surface area contributed by atoms with Crippen molar-refractivity contribution in [2.45, 2.75) is 47.0 Å². The highest BCUT2D eigenvalue weighted by atomic mass is 16.1. The molecule has 0 fully saturated rings. The van der Waals surface area contributed by atoms with Gasteiger partial charge in [-0.1, -0.05) is 43.2 Å². The third-order valence-corrected chi connectivity index (χ3v) is 3.14. The van der Waals surface area contributed by atoms with E-state index >= 15 is 0 Å². The van der Waals surface area contributed by atoms with Gasteiger partial charge in [0, 0.05) is 6.42 Å². The lowest BCUT2D eigenvalue weighted by Gasteiger charge is -2.06. The zero-order chi connectivity index (χ0) is 12.8. The van der Waals surface area contributed by atoms with Crippen molar-refractivity contribution in [3.8, 4) is 0 Å². The molecule has 0 bridgehead atoms. The van der Waals surface area contributed by atoms with Crippen LogP contribution < -0.4 is 0 Å². The summed E-state index contributed by atoms with van der Waals surface area (Å²) in [4.78, 5) is 11.9. The predicted molar refractivity (Wildman–Crippen MR) is 73.3 cm³/mol. The van der Waals surface area contributed by atoms with Crippen LogP contribution in [0.1, 0.15) is 43.4 Å². The Morgan fingerprint density at radius 2 is 1.82 bits per heavy atom. The van der Waals surface area contributed by atoms with Crippen molar-refractivity contribution in [2.75, 3.05) is 0 Å². The maximum atomic E-state index is 11.9. The molecule has 0 saturated carbocycles. The highest BCUT2D eigenvalue weighted by Crippen LogP contribution is 2.13. The number of allylic oxidation sites excluding steroid dienone is 2. The van der Waals surface area contributed by atoms with Crippen molar-refractivity contribution in [3.63, 3.8) is 0 Å². The number of hydrogen-bond donors (Lipinski definition) is 0.